The van der Waals surface area contributed by atoms with Crippen molar-refractivity contribution in [3.8, 4) is 0 Å². The maximum atomic E-state index is 12.9. The number of rotatable bonds is 3. The van der Waals surface area contributed by atoms with Crippen LogP contribution in [-0.4, -0.2) is 10.8 Å². The Morgan fingerprint density at radius 3 is 2.62 bits per heavy atom. The van der Waals surface area contributed by atoms with E-state index in [4.69, 9.17) is 0 Å². The van der Waals surface area contributed by atoms with E-state index >= 15 is 0 Å². The molecule has 2 aromatic rings. The Balaban J connectivity index is 2.15. The summed E-state index contributed by atoms with van der Waals surface area (Å²) in [5.74, 6) is -0.614. The zero-order valence-electron chi connectivity index (χ0n) is 8.56. The Morgan fingerprint density at radius 2 is 1.94 bits per heavy atom. The fourth-order valence-electron chi connectivity index (χ4n) is 1.45. The molecular formula is C13H10FNO. The topological polar surface area (TPSA) is 30.0 Å². The summed E-state index contributed by atoms with van der Waals surface area (Å²) in [6.07, 6.45) is 2.74. The number of aromatic nitrogens is 1. The highest BCUT2D eigenvalue weighted by Crippen LogP contribution is 2.07. The van der Waals surface area contributed by atoms with Crippen molar-refractivity contribution in [3.05, 3.63) is 65.7 Å². The molecule has 0 fully saturated rings. The molecule has 0 unspecified atom stereocenters. The zero-order chi connectivity index (χ0) is 11.4. The van der Waals surface area contributed by atoms with Crippen LogP contribution >= 0.6 is 0 Å². The van der Waals surface area contributed by atoms with E-state index in [1.807, 2.05) is 30.3 Å². The third kappa shape index (κ3) is 2.51. The number of Topliss-reactive ketones (excluding diaryl/α,β-unsaturated/α-hetero) is 1. The number of halogens is 1. The summed E-state index contributed by atoms with van der Waals surface area (Å²) in [7, 11) is 0. The third-order valence-electron chi connectivity index (χ3n) is 2.23. The van der Waals surface area contributed by atoms with Crippen LogP contribution in [0.3, 0.4) is 0 Å². The first-order chi connectivity index (χ1) is 7.75. The molecule has 3 heteroatoms. The van der Waals surface area contributed by atoms with Crippen LogP contribution in [0.5, 0.6) is 0 Å². The molecule has 16 heavy (non-hydrogen) atoms. The lowest BCUT2D eigenvalue weighted by Gasteiger charge is -2.00. The molecule has 0 radical (unpaired) electrons. The van der Waals surface area contributed by atoms with Gasteiger partial charge in [0.05, 0.1) is 6.20 Å². The molecule has 0 aliphatic heterocycles. The first kappa shape index (κ1) is 10.5. The zero-order valence-corrected chi connectivity index (χ0v) is 8.56. The predicted molar refractivity (Wildman–Crippen MR) is 58.7 cm³/mol. The standard InChI is InChI=1S/C13H10FNO/c14-12-7-11(8-15-9-12)13(16)6-10-4-2-1-3-5-10/h1-5,7-9H,6H2. The number of pyridine rings is 1. The van der Waals surface area contributed by atoms with Crippen LogP contribution in [0.15, 0.2) is 48.8 Å². The summed E-state index contributed by atoms with van der Waals surface area (Å²) in [6.45, 7) is 0. The highest BCUT2D eigenvalue weighted by molar-refractivity contribution is 5.97. The van der Waals surface area contributed by atoms with Crippen LogP contribution in [-0.2, 0) is 6.42 Å². The molecule has 0 saturated carbocycles. The van der Waals surface area contributed by atoms with Gasteiger partial charge in [0, 0.05) is 18.2 Å². The first-order valence-electron chi connectivity index (χ1n) is 4.93. The van der Waals surface area contributed by atoms with Crippen molar-refractivity contribution >= 4 is 5.78 Å². The van der Waals surface area contributed by atoms with E-state index in [0.29, 0.717) is 5.56 Å². The molecule has 0 aliphatic carbocycles. The Labute approximate surface area is 92.8 Å². The Bertz CT molecular complexity index is 496. The van der Waals surface area contributed by atoms with Gasteiger partial charge in [0.1, 0.15) is 5.82 Å². The number of carbonyl (C=O) groups excluding carboxylic acids is 1. The van der Waals surface area contributed by atoms with Crippen molar-refractivity contribution in [2.75, 3.05) is 0 Å². The van der Waals surface area contributed by atoms with Crippen molar-refractivity contribution in [3.63, 3.8) is 0 Å². The molecule has 0 amide bonds. The van der Waals surface area contributed by atoms with Gasteiger partial charge >= 0.3 is 0 Å². The summed E-state index contributed by atoms with van der Waals surface area (Å²) >= 11 is 0. The second-order valence-electron chi connectivity index (χ2n) is 3.48. The molecule has 0 saturated heterocycles. The maximum absolute atomic E-state index is 12.9. The van der Waals surface area contributed by atoms with E-state index in [0.717, 1.165) is 11.8 Å². The van der Waals surface area contributed by atoms with Crippen molar-refractivity contribution in [1.82, 2.24) is 4.98 Å². The summed E-state index contributed by atoms with van der Waals surface area (Å²) in [5.41, 5.74) is 1.22. The average molecular weight is 215 g/mol. The SMILES string of the molecule is O=C(Cc1ccccc1)c1cncc(F)c1. The number of hydrogen-bond acceptors (Lipinski definition) is 2. The minimum Gasteiger partial charge on any atom is -0.294 e. The molecule has 0 N–H and O–H groups in total. The average Bonchev–Trinajstić information content (AvgIpc) is 2.30. The van der Waals surface area contributed by atoms with Crippen LogP contribution in [0, 0.1) is 5.82 Å². The van der Waals surface area contributed by atoms with Gasteiger partial charge in [-0.3, -0.25) is 9.78 Å². The van der Waals surface area contributed by atoms with Crippen LogP contribution in [0.2, 0.25) is 0 Å². The van der Waals surface area contributed by atoms with Gasteiger partial charge in [-0.1, -0.05) is 30.3 Å². The molecular weight excluding hydrogens is 205 g/mol. The van der Waals surface area contributed by atoms with Gasteiger partial charge < -0.3 is 0 Å². The van der Waals surface area contributed by atoms with Gasteiger partial charge in [-0.15, -0.1) is 0 Å². The molecule has 0 aliphatic rings. The van der Waals surface area contributed by atoms with E-state index in [9.17, 15) is 9.18 Å². The smallest absolute Gasteiger partial charge is 0.168 e. The molecule has 0 atom stereocenters. The maximum Gasteiger partial charge on any atom is 0.168 e. The van der Waals surface area contributed by atoms with Gasteiger partial charge in [-0.05, 0) is 11.6 Å². The second kappa shape index (κ2) is 4.66. The van der Waals surface area contributed by atoms with Gasteiger partial charge in [-0.2, -0.15) is 0 Å². The lowest BCUT2D eigenvalue weighted by atomic mass is 10.0. The van der Waals surface area contributed by atoms with E-state index in [2.05, 4.69) is 4.98 Å². The van der Waals surface area contributed by atoms with Gasteiger partial charge in [-0.25, -0.2) is 4.39 Å². The van der Waals surface area contributed by atoms with E-state index < -0.39 is 5.82 Å². The minimum atomic E-state index is -0.487. The van der Waals surface area contributed by atoms with Gasteiger partial charge in [0.25, 0.3) is 0 Å². The number of ketones is 1. The quantitative estimate of drug-likeness (QED) is 0.737. The minimum absolute atomic E-state index is 0.127. The molecule has 2 nitrogen and oxygen atoms in total. The summed E-state index contributed by atoms with van der Waals surface area (Å²) in [6, 6.07) is 10.6. The first-order valence-corrected chi connectivity index (χ1v) is 4.93. The lowest BCUT2D eigenvalue weighted by molar-refractivity contribution is 0.0992. The third-order valence-corrected chi connectivity index (χ3v) is 2.23. The van der Waals surface area contributed by atoms with Crippen LogP contribution in [0.1, 0.15) is 15.9 Å². The summed E-state index contributed by atoms with van der Waals surface area (Å²) in [5, 5.41) is 0. The molecule has 80 valence electrons. The molecule has 1 aromatic carbocycles. The fourth-order valence-corrected chi connectivity index (χ4v) is 1.45. The number of carbonyl (C=O) groups is 1. The van der Waals surface area contributed by atoms with Crippen molar-refractivity contribution < 1.29 is 9.18 Å². The molecule has 0 spiro atoms. The highest BCUT2D eigenvalue weighted by atomic mass is 19.1. The molecule has 0 bridgehead atoms. The Hall–Kier alpha value is -2.03. The van der Waals surface area contributed by atoms with Crippen molar-refractivity contribution in [2.45, 2.75) is 6.42 Å². The second-order valence-corrected chi connectivity index (χ2v) is 3.48. The molecule has 2 rings (SSSR count). The number of benzene rings is 1. The van der Waals surface area contributed by atoms with Crippen molar-refractivity contribution in [1.29, 1.82) is 0 Å². The van der Waals surface area contributed by atoms with Crippen LogP contribution in [0.4, 0.5) is 4.39 Å². The van der Waals surface area contributed by atoms with Crippen molar-refractivity contribution in [2.24, 2.45) is 0 Å². The molecule has 1 aromatic heterocycles. The van der Waals surface area contributed by atoms with Gasteiger partial charge in [0.2, 0.25) is 0 Å². The number of hydrogen-bond donors (Lipinski definition) is 0. The Morgan fingerprint density at radius 1 is 1.19 bits per heavy atom. The summed E-state index contributed by atoms with van der Waals surface area (Å²) in [4.78, 5) is 15.4. The van der Waals surface area contributed by atoms with E-state index in [-0.39, 0.29) is 12.2 Å². The van der Waals surface area contributed by atoms with Gasteiger partial charge in [0.15, 0.2) is 5.78 Å². The Kier molecular flexibility index (Phi) is 3.05. The van der Waals surface area contributed by atoms with E-state index in [1.54, 1.807) is 0 Å². The normalized spacial score (nSPS) is 10.1. The van der Waals surface area contributed by atoms with E-state index in [1.165, 1.54) is 12.3 Å². The number of nitrogens with zero attached hydrogens (tertiary/aromatic N) is 1. The summed E-state index contributed by atoms with van der Waals surface area (Å²) < 4.78 is 12.9. The molecule has 1 heterocycles. The van der Waals surface area contributed by atoms with Crippen LogP contribution in [0.25, 0.3) is 0 Å². The fraction of sp³-hybridized carbons (Fsp3) is 0.0769. The highest BCUT2D eigenvalue weighted by Gasteiger charge is 2.07. The van der Waals surface area contributed by atoms with Crippen LogP contribution < -0.4 is 0 Å². The lowest BCUT2D eigenvalue weighted by Crippen LogP contribution is -2.04. The monoisotopic (exact) mass is 215 g/mol. The predicted octanol–water partition coefficient (Wildman–Crippen LogP) is 2.65. The largest absolute Gasteiger partial charge is 0.294 e.